The summed E-state index contributed by atoms with van der Waals surface area (Å²) in [6.07, 6.45) is 0.843. The molecule has 0 aliphatic rings. The van der Waals surface area contributed by atoms with Crippen molar-refractivity contribution < 1.29 is 44.6 Å². The van der Waals surface area contributed by atoms with E-state index < -0.39 is 22.9 Å². The normalized spacial score (nSPS) is 11.2. The Morgan fingerprint density at radius 1 is 1.09 bits per heavy atom. The van der Waals surface area contributed by atoms with Gasteiger partial charge in [-0.05, 0) is 44.2 Å². The Balaban J connectivity index is 0.00000432. The average molecular weight is 515 g/mol. The number of amides is 1. The molecular formula is C21H23F2N3O8S. The molecule has 0 saturated heterocycles. The molecule has 3 aromatic rings. The lowest BCUT2D eigenvalue weighted by molar-refractivity contribution is -0.0518. The molecule has 35 heavy (non-hydrogen) atoms. The fourth-order valence-corrected chi connectivity index (χ4v) is 3.22. The fraction of sp³-hybridized carbons (Fsp3) is 0.238. The third-order valence-electron chi connectivity index (χ3n) is 4.22. The number of para-hydroxylation sites is 1. The number of aromatic nitrogens is 1. The summed E-state index contributed by atoms with van der Waals surface area (Å²) < 4.78 is 76.4. The molecule has 190 valence electrons. The molecule has 14 heteroatoms. The maximum absolute atomic E-state index is 12.9. The third kappa shape index (κ3) is 7.11. The maximum atomic E-state index is 12.9. The van der Waals surface area contributed by atoms with Crippen LogP contribution >= 0.6 is 0 Å². The van der Waals surface area contributed by atoms with E-state index in [0.717, 1.165) is 4.90 Å². The summed E-state index contributed by atoms with van der Waals surface area (Å²) in [5.74, 6) is -1.09. The van der Waals surface area contributed by atoms with Gasteiger partial charge >= 0.3 is 17.0 Å². The van der Waals surface area contributed by atoms with E-state index in [4.69, 9.17) is 13.7 Å². The molecule has 1 aromatic heterocycles. The smallest absolute Gasteiger partial charge is 0.446 e. The summed E-state index contributed by atoms with van der Waals surface area (Å²) in [7, 11) is -3.49. The van der Waals surface area contributed by atoms with Crippen LogP contribution in [0.1, 0.15) is 24.2 Å². The number of carbonyl (C=O) groups excluding carboxylic acids is 1. The Hall–Kier alpha value is -3.75. The van der Waals surface area contributed by atoms with E-state index in [1.54, 1.807) is 13.8 Å². The Morgan fingerprint density at radius 3 is 2.40 bits per heavy atom. The van der Waals surface area contributed by atoms with E-state index >= 15 is 0 Å². The zero-order valence-corrected chi connectivity index (χ0v) is 19.7. The molecule has 0 fully saturated rings. The second-order valence-electron chi connectivity index (χ2n) is 7.09. The van der Waals surface area contributed by atoms with Crippen molar-refractivity contribution in [3.63, 3.8) is 0 Å². The molecule has 0 aliphatic heterocycles. The van der Waals surface area contributed by atoms with E-state index in [0.29, 0.717) is 5.56 Å². The lowest BCUT2D eigenvalue weighted by Crippen LogP contribution is -2.27. The summed E-state index contributed by atoms with van der Waals surface area (Å²) >= 11 is 0. The second-order valence-corrected chi connectivity index (χ2v) is 8.11. The van der Waals surface area contributed by atoms with Crippen molar-refractivity contribution in [2.45, 2.75) is 26.6 Å². The van der Waals surface area contributed by atoms with Gasteiger partial charge in [-0.1, -0.05) is 12.1 Å². The predicted octanol–water partition coefficient (Wildman–Crippen LogP) is 4.35. The minimum atomic E-state index is -4.85. The molecule has 11 nitrogen and oxygen atoms in total. The molecule has 0 radical (unpaired) electrons. The molecule has 0 bridgehead atoms. The van der Waals surface area contributed by atoms with Crippen LogP contribution < -0.4 is 24.7 Å². The van der Waals surface area contributed by atoms with E-state index in [9.17, 15) is 22.0 Å². The molecule has 3 rings (SSSR count). The third-order valence-corrected chi connectivity index (χ3v) is 4.61. The highest BCUT2D eigenvalue weighted by atomic mass is 32.3. The van der Waals surface area contributed by atoms with E-state index in [1.807, 2.05) is 0 Å². The minimum Gasteiger partial charge on any atom is -0.487 e. The second kappa shape index (κ2) is 11.1. The van der Waals surface area contributed by atoms with Crippen molar-refractivity contribution in [2.24, 2.45) is 0 Å². The van der Waals surface area contributed by atoms with Gasteiger partial charge in [-0.2, -0.15) is 22.2 Å². The Morgan fingerprint density at radius 2 is 1.77 bits per heavy atom. The van der Waals surface area contributed by atoms with Crippen LogP contribution in [0, 0.1) is 0 Å². The van der Waals surface area contributed by atoms with E-state index in [2.05, 4.69) is 13.9 Å². The van der Waals surface area contributed by atoms with Crippen molar-refractivity contribution >= 4 is 22.1 Å². The molecule has 4 N–H and O–H groups in total. The van der Waals surface area contributed by atoms with E-state index in [-0.39, 0.29) is 46.8 Å². The number of oxazole rings is 1. The molecule has 2 aromatic carbocycles. The standard InChI is InChI=1S/C21H20F2N2O8S.H3N/c1-12(2)31-17-10-13(8-9-16(17)32-21(22)23)19-24-18(11-30-19)25(3)20(26)14-6-4-5-7-15(14)33-34(27,28)29;/h4-12,21H,1-3H3,(H,27,28,29);1H3. The summed E-state index contributed by atoms with van der Waals surface area (Å²) in [4.78, 5) is 18.2. The van der Waals surface area contributed by atoms with Crippen LogP contribution in [0.25, 0.3) is 11.5 Å². The Bertz CT molecular complexity index is 1280. The van der Waals surface area contributed by atoms with E-state index in [1.165, 1.54) is 55.8 Å². The van der Waals surface area contributed by atoms with Crippen LogP contribution in [0.15, 0.2) is 53.1 Å². The number of ether oxygens (including phenoxy) is 2. The highest BCUT2D eigenvalue weighted by molar-refractivity contribution is 7.81. The molecule has 0 saturated carbocycles. The van der Waals surface area contributed by atoms with Gasteiger partial charge in [0, 0.05) is 12.6 Å². The topological polar surface area (TPSA) is 163 Å². The zero-order chi connectivity index (χ0) is 25.0. The van der Waals surface area contributed by atoms with Crippen molar-refractivity contribution in [3.8, 4) is 28.7 Å². The van der Waals surface area contributed by atoms with Gasteiger partial charge in [0.1, 0.15) is 6.26 Å². The van der Waals surface area contributed by atoms with Crippen LogP contribution in [0.3, 0.4) is 0 Å². The van der Waals surface area contributed by atoms with Crippen molar-refractivity contribution in [2.75, 3.05) is 11.9 Å². The summed E-state index contributed by atoms with van der Waals surface area (Å²) in [5.41, 5.74) is 0.202. The molecule has 0 aliphatic carbocycles. The van der Waals surface area contributed by atoms with Crippen molar-refractivity contribution in [1.82, 2.24) is 11.1 Å². The molecule has 0 unspecified atom stereocenters. The number of hydrogen-bond donors (Lipinski definition) is 2. The number of rotatable bonds is 9. The van der Waals surface area contributed by atoms with Crippen LogP contribution in [0.2, 0.25) is 0 Å². The van der Waals surface area contributed by atoms with Gasteiger partial charge in [0.2, 0.25) is 5.89 Å². The highest BCUT2D eigenvalue weighted by Crippen LogP contribution is 2.35. The summed E-state index contributed by atoms with van der Waals surface area (Å²) in [6.45, 7) is 0.388. The maximum Gasteiger partial charge on any atom is 0.446 e. The predicted molar refractivity (Wildman–Crippen MR) is 121 cm³/mol. The van der Waals surface area contributed by atoms with Crippen LogP contribution in [-0.2, 0) is 10.4 Å². The summed E-state index contributed by atoms with van der Waals surface area (Å²) in [6, 6.07) is 9.51. The Labute approximate surface area is 199 Å². The number of hydrogen-bond acceptors (Lipinski definition) is 9. The first kappa shape index (κ1) is 27.5. The number of benzene rings is 2. The van der Waals surface area contributed by atoms with Crippen molar-refractivity contribution in [1.29, 1.82) is 0 Å². The first-order chi connectivity index (χ1) is 15.9. The van der Waals surface area contributed by atoms with Crippen molar-refractivity contribution in [3.05, 3.63) is 54.3 Å². The van der Waals surface area contributed by atoms with Gasteiger partial charge in [0.25, 0.3) is 5.91 Å². The van der Waals surface area contributed by atoms with Gasteiger partial charge in [0.15, 0.2) is 23.1 Å². The van der Waals surface area contributed by atoms with Crippen LogP contribution in [-0.4, -0.2) is 43.6 Å². The van der Waals surface area contributed by atoms with Gasteiger partial charge in [-0.25, -0.2) is 0 Å². The Kier molecular flexibility index (Phi) is 8.73. The molecule has 1 heterocycles. The first-order valence-corrected chi connectivity index (χ1v) is 11.1. The highest BCUT2D eigenvalue weighted by Gasteiger charge is 2.23. The monoisotopic (exact) mass is 515 g/mol. The van der Waals surface area contributed by atoms with Crippen LogP contribution in [0.4, 0.5) is 14.6 Å². The number of halogens is 2. The lowest BCUT2D eigenvalue weighted by Gasteiger charge is -2.16. The summed E-state index contributed by atoms with van der Waals surface area (Å²) in [5, 5.41) is 0. The number of anilines is 1. The lowest BCUT2D eigenvalue weighted by atomic mass is 10.2. The number of alkyl halides is 2. The number of carbonyl (C=O) groups is 1. The number of nitrogens with zero attached hydrogens (tertiary/aromatic N) is 2. The van der Waals surface area contributed by atoms with Gasteiger partial charge in [0.05, 0.1) is 11.7 Å². The van der Waals surface area contributed by atoms with Gasteiger partial charge < -0.3 is 24.2 Å². The van der Waals surface area contributed by atoms with Gasteiger partial charge in [-0.3, -0.25) is 14.2 Å². The molecular weight excluding hydrogens is 492 g/mol. The fourth-order valence-electron chi connectivity index (χ4n) is 2.85. The quantitative estimate of drug-likeness (QED) is 0.392. The van der Waals surface area contributed by atoms with Crippen LogP contribution in [0.5, 0.6) is 17.2 Å². The van der Waals surface area contributed by atoms with Gasteiger partial charge in [-0.15, -0.1) is 0 Å². The SMILES string of the molecule is CC(C)Oc1cc(-c2nc(N(C)C(=O)c3ccccc3OS(=O)(=O)O)co2)ccc1OC(F)F.N. The average Bonchev–Trinajstić information content (AvgIpc) is 3.23. The molecule has 1 amide bonds. The molecule has 0 atom stereocenters. The molecule has 0 spiro atoms. The largest absolute Gasteiger partial charge is 0.487 e. The first-order valence-electron chi connectivity index (χ1n) is 9.70. The zero-order valence-electron chi connectivity index (χ0n) is 18.8. The minimum absolute atomic E-state index is 0.